The number of nitrogens with one attached hydrogen (secondary N) is 2. The molecule has 0 aliphatic carbocycles. The fourth-order valence-corrected chi connectivity index (χ4v) is 4.31. The lowest BCUT2D eigenvalue weighted by Gasteiger charge is -2.33. The van der Waals surface area contributed by atoms with Crippen molar-refractivity contribution in [2.75, 3.05) is 17.5 Å². The van der Waals surface area contributed by atoms with Crippen molar-refractivity contribution in [3.63, 3.8) is 0 Å². The van der Waals surface area contributed by atoms with Gasteiger partial charge in [-0.05, 0) is 62.7 Å². The lowest BCUT2D eigenvalue weighted by atomic mass is 9.81. The zero-order valence-corrected chi connectivity index (χ0v) is 17.3. The average Bonchev–Trinajstić information content (AvgIpc) is 2.66. The Labute approximate surface area is 166 Å². The molecule has 1 saturated heterocycles. The summed E-state index contributed by atoms with van der Waals surface area (Å²) in [7, 11) is -3.33. The molecule has 3 rings (SSSR count). The van der Waals surface area contributed by atoms with E-state index in [1.807, 2.05) is 25.1 Å². The number of benzene rings is 1. The van der Waals surface area contributed by atoms with E-state index in [0.717, 1.165) is 37.0 Å². The third kappa shape index (κ3) is 5.17. The van der Waals surface area contributed by atoms with E-state index in [9.17, 15) is 13.2 Å². The number of carbonyl (C=O) groups excluding carboxylic acids is 1. The molecule has 0 spiro atoms. The van der Waals surface area contributed by atoms with Crippen molar-refractivity contribution in [1.29, 1.82) is 0 Å². The smallest absolute Gasteiger partial charge is 0.229 e. The molecule has 2 N–H and O–H groups in total. The molecule has 1 aliphatic rings. The second-order valence-corrected chi connectivity index (χ2v) is 9.34. The maximum atomic E-state index is 13.0. The summed E-state index contributed by atoms with van der Waals surface area (Å²) in [5.41, 5.74) is 3.12. The molecule has 28 heavy (non-hydrogen) atoms. The SMILES string of the molecule is Cc1cccc(C(C)C2CC(C(=O)c3ccc(NS(C)(=O)=O)cc3)CCN2)n1. The van der Waals surface area contributed by atoms with Gasteiger partial charge < -0.3 is 5.32 Å². The van der Waals surface area contributed by atoms with E-state index < -0.39 is 10.0 Å². The number of carbonyl (C=O) groups is 1. The molecule has 0 saturated carbocycles. The van der Waals surface area contributed by atoms with Crippen molar-refractivity contribution in [3.8, 4) is 0 Å². The van der Waals surface area contributed by atoms with Gasteiger partial charge in [-0.1, -0.05) is 13.0 Å². The van der Waals surface area contributed by atoms with E-state index in [0.29, 0.717) is 11.3 Å². The number of rotatable bonds is 6. The van der Waals surface area contributed by atoms with E-state index in [4.69, 9.17) is 0 Å². The van der Waals surface area contributed by atoms with Gasteiger partial charge >= 0.3 is 0 Å². The van der Waals surface area contributed by atoms with Crippen molar-refractivity contribution in [3.05, 3.63) is 59.4 Å². The molecule has 6 nitrogen and oxygen atoms in total. The second-order valence-electron chi connectivity index (χ2n) is 7.59. The second kappa shape index (κ2) is 8.41. The van der Waals surface area contributed by atoms with Crippen LogP contribution in [0.15, 0.2) is 42.5 Å². The van der Waals surface area contributed by atoms with Crippen LogP contribution in [0.4, 0.5) is 5.69 Å². The quantitative estimate of drug-likeness (QED) is 0.726. The van der Waals surface area contributed by atoms with Gasteiger partial charge in [0.15, 0.2) is 5.78 Å². The topological polar surface area (TPSA) is 88.2 Å². The fourth-order valence-electron chi connectivity index (χ4n) is 3.75. The Hall–Kier alpha value is -2.25. The van der Waals surface area contributed by atoms with Gasteiger partial charge in [0.25, 0.3) is 0 Å². The molecule has 7 heteroatoms. The first kappa shape index (κ1) is 20.5. The van der Waals surface area contributed by atoms with Gasteiger partial charge in [-0.3, -0.25) is 14.5 Å². The Bertz CT molecular complexity index is 942. The maximum absolute atomic E-state index is 13.0. The van der Waals surface area contributed by atoms with Gasteiger partial charge in [-0.2, -0.15) is 0 Å². The summed E-state index contributed by atoms with van der Waals surface area (Å²) in [5, 5.41) is 3.54. The van der Waals surface area contributed by atoms with E-state index in [-0.39, 0.29) is 23.7 Å². The number of ketones is 1. The molecule has 1 aromatic carbocycles. The standard InChI is InChI=1S/C21H27N3O3S/c1-14-5-4-6-19(23-14)15(2)20-13-17(11-12-22-20)21(25)16-7-9-18(10-8-16)24-28(3,26)27/h4-10,15,17,20,22,24H,11-13H2,1-3H3. The minimum absolute atomic E-state index is 0.0489. The molecule has 0 radical (unpaired) electrons. The number of hydrogen-bond donors (Lipinski definition) is 2. The minimum atomic E-state index is -3.33. The van der Waals surface area contributed by atoms with E-state index >= 15 is 0 Å². The Kier molecular flexibility index (Phi) is 6.15. The summed E-state index contributed by atoms with van der Waals surface area (Å²) in [6.07, 6.45) is 2.66. The number of sulfonamides is 1. The summed E-state index contributed by atoms with van der Waals surface area (Å²) in [6, 6.07) is 12.9. The molecule has 1 aromatic heterocycles. The zero-order chi connectivity index (χ0) is 20.3. The first-order valence-corrected chi connectivity index (χ1v) is 11.4. The van der Waals surface area contributed by atoms with Crippen molar-refractivity contribution in [1.82, 2.24) is 10.3 Å². The average molecular weight is 402 g/mol. The first-order chi connectivity index (χ1) is 13.2. The zero-order valence-electron chi connectivity index (χ0n) is 16.5. The molecule has 1 aliphatic heterocycles. The van der Waals surface area contributed by atoms with Gasteiger partial charge in [-0.15, -0.1) is 0 Å². The van der Waals surface area contributed by atoms with Crippen LogP contribution in [0.3, 0.4) is 0 Å². The van der Waals surface area contributed by atoms with E-state index in [2.05, 4.69) is 21.9 Å². The van der Waals surface area contributed by atoms with Crippen molar-refractivity contribution in [2.24, 2.45) is 5.92 Å². The first-order valence-electron chi connectivity index (χ1n) is 9.52. The highest BCUT2D eigenvalue weighted by Gasteiger charge is 2.31. The number of anilines is 1. The molecule has 0 bridgehead atoms. The van der Waals surface area contributed by atoms with Gasteiger partial charge in [0.2, 0.25) is 10.0 Å². The highest BCUT2D eigenvalue weighted by atomic mass is 32.2. The summed E-state index contributed by atoms with van der Waals surface area (Å²) in [4.78, 5) is 17.6. The van der Waals surface area contributed by atoms with Gasteiger partial charge in [-0.25, -0.2) is 8.42 Å². The van der Waals surface area contributed by atoms with Gasteiger partial charge in [0, 0.05) is 40.5 Å². The summed E-state index contributed by atoms with van der Waals surface area (Å²) in [6.45, 7) is 4.93. The highest BCUT2D eigenvalue weighted by molar-refractivity contribution is 7.92. The third-order valence-electron chi connectivity index (χ3n) is 5.26. The molecule has 0 amide bonds. The molecule has 150 valence electrons. The van der Waals surface area contributed by atoms with Gasteiger partial charge in [0.1, 0.15) is 0 Å². The van der Waals surface area contributed by atoms with Crippen LogP contribution in [0.5, 0.6) is 0 Å². The normalized spacial score (nSPS) is 21.1. The Morgan fingerprint density at radius 1 is 1.21 bits per heavy atom. The molecular weight excluding hydrogens is 374 g/mol. The van der Waals surface area contributed by atoms with Crippen LogP contribution in [0, 0.1) is 12.8 Å². The fraction of sp³-hybridized carbons (Fsp3) is 0.429. The highest BCUT2D eigenvalue weighted by Crippen LogP contribution is 2.29. The van der Waals surface area contributed by atoms with Crippen molar-refractivity contribution in [2.45, 2.75) is 38.6 Å². The van der Waals surface area contributed by atoms with Crippen LogP contribution >= 0.6 is 0 Å². The summed E-state index contributed by atoms with van der Waals surface area (Å²) >= 11 is 0. The molecule has 3 atom stereocenters. The number of pyridine rings is 1. The van der Waals surface area contributed by atoms with Crippen LogP contribution in [0.2, 0.25) is 0 Å². The number of aryl methyl sites for hydroxylation is 1. The Balaban J connectivity index is 1.69. The molecule has 1 fully saturated rings. The van der Waals surface area contributed by atoms with Crippen LogP contribution in [0.1, 0.15) is 47.4 Å². The molecule has 2 aromatic rings. The summed E-state index contributed by atoms with van der Waals surface area (Å²) in [5.74, 6) is 0.283. The molecular formula is C21H27N3O3S. The van der Waals surface area contributed by atoms with Crippen molar-refractivity contribution >= 4 is 21.5 Å². The largest absolute Gasteiger partial charge is 0.313 e. The number of hydrogen-bond acceptors (Lipinski definition) is 5. The maximum Gasteiger partial charge on any atom is 0.229 e. The van der Waals surface area contributed by atoms with E-state index in [1.54, 1.807) is 24.3 Å². The summed E-state index contributed by atoms with van der Waals surface area (Å²) < 4.78 is 25.0. The predicted molar refractivity (Wildman–Crippen MR) is 111 cm³/mol. The van der Waals surface area contributed by atoms with Gasteiger partial charge in [0.05, 0.1) is 6.26 Å². The number of aromatic nitrogens is 1. The van der Waals surface area contributed by atoms with Crippen LogP contribution in [-0.2, 0) is 10.0 Å². The molecule has 3 unspecified atom stereocenters. The van der Waals surface area contributed by atoms with Crippen LogP contribution < -0.4 is 10.0 Å². The Morgan fingerprint density at radius 2 is 1.93 bits per heavy atom. The minimum Gasteiger partial charge on any atom is -0.313 e. The lowest BCUT2D eigenvalue weighted by Crippen LogP contribution is -2.43. The van der Waals surface area contributed by atoms with Crippen LogP contribution in [-0.4, -0.2) is 38.0 Å². The predicted octanol–water partition coefficient (Wildman–Crippen LogP) is 3.12. The van der Waals surface area contributed by atoms with Crippen molar-refractivity contribution < 1.29 is 13.2 Å². The Morgan fingerprint density at radius 3 is 2.57 bits per heavy atom. The third-order valence-corrected chi connectivity index (χ3v) is 5.87. The van der Waals surface area contributed by atoms with Crippen LogP contribution in [0.25, 0.3) is 0 Å². The number of piperidine rings is 1. The monoisotopic (exact) mass is 401 g/mol. The van der Waals surface area contributed by atoms with E-state index in [1.165, 1.54) is 0 Å². The lowest BCUT2D eigenvalue weighted by molar-refractivity contribution is 0.0873. The molecule has 2 heterocycles. The number of nitrogens with zero attached hydrogens (tertiary/aromatic N) is 1. The number of Topliss-reactive ketones (excluding diaryl/α,β-unsaturated/α-hetero) is 1.